The van der Waals surface area contributed by atoms with Gasteiger partial charge in [0.05, 0.1) is 12.2 Å². The van der Waals surface area contributed by atoms with Crippen molar-refractivity contribution in [2.75, 3.05) is 11.9 Å². The first-order chi connectivity index (χ1) is 11.0. The standard InChI is InChI=1S/C16H15F2N3O2/c1-11(22)21(9-12-5-2-3-8-19-12)10-15(23)20-16-13(17)6-4-7-14(16)18/h2-8H,9-10H2,1H3,(H,20,23). The van der Waals surface area contributed by atoms with E-state index >= 15 is 0 Å². The molecule has 0 aliphatic carbocycles. The van der Waals surface area contributed by atoms with Crippen molar-refractivity contribution >= 4 is 17.5 Å². The molecule has 120 valence electrons. The Bertz CT molecular complexity index is 687. The predicted octanol–water partition coefficient (Wildman–Crippen LogP) is 2.35. The molecule has 0 saturated heterocycles. The Morgan fingerprint density at radius 2 is 1.83 bits per heavy atom. The number of rotatable bonds is 5. The smallest absolute Gasteiger partial charge is 0.244 e. The van der Waals surface area contributed by atoms with Crippen molar-refractivity contribution in [1.82, 2.24) is 9.88 Å². The molecule has 0 saturated carbocycles. The van der Waals surface area contributed by atoms with Gasteiger partial charge in [-0.15, -0.1) is 0 Å². The van der Waals surface area contributed by atoms with Crippen molar-refractivity contribution in [3.63, 3.8) is 0 Å². The molecule has 1 aromatic carbocycles. The van der Waals surface area contributed by atoms with Crippen LogP contribution in [0.4, 0.5) is 14.5 Å². The van der Waals surface area contributed by atoms with Crippen LogP contribution in [0.5, 0.6) is 0 Å². The Kier molecular flexibility index (Phi) is 5.35. The maximum absolute atomic E-state index is 13.5. The molecule has 0 spiro atoms. The summed E-state index contributed by atoms with van der Waals surface area (Å²) in [5.74, 6) is -2.80. The Morgan fingerprint density at radius 1 is 1.13 bits per heavy atom. The SMILES string of the molecule is CC(=O)N(CC(=O)Nc1c(F)cccc1F)Cc1ccccn1. The molecule has 2 aromatic rings. The zero-order chi connectivity index (χ0) is 16.8. The number of pyridine rings is 1. The van der Waals surface area contributed by atoms with Gasteiger partial charge in [-0.25, -0.2) is 8.78 Å². The molecule has 23 heavy (non-hydrogen) atoms. The van der Waals surface area contributed by atoms with E-state index in [1.165, 1.54) is 17.9 Å². The molecule has 0 unspecified atom stereocenters. The van der Waals surface area contributed by atoms with Crippen LogP contribution in [0.25, 0.3) is 0 Å². The fourth-order valence-electron chi connectivity index (χ4n) is 1.94. The van der Waals surface area contributed by atoms with Gasteiger partial charge in [0.25, 0.3) is 0 Å². The van der Waals surface area contributed by atoms with E-state index in [1.807, 2.05) is 0 Å². The number of anilines is 1. The third-order valence-electron chi connectivity index (χ3n) is 3.09. The van der Waals surface area contributed by atoms with Gasteiger partial charge in [0.15, 0.2) is 0 Å². The number of nitrogens with one attached hydrogen (secondary N) is 1. The van der Waals surface area contributed by atoms with Gasteiger partial charge in [0.2, 0.25) is 11.8 Å². The maximum atomic E-state index is 13.5. The maximum Gasteiger partial charge on any atom is 0.244 e. The lowest BCUT2D eigenvalue weighted by molar-refractivity contribution is -0.133. The molecule has 0 radical (unpaired) electrons. The number of hydrogen-bond donors (Lipinski definition) is 1. The molecular weight excluding hydrogens is 304 g/mol. The fraction of sp³-hybridized carbons (Fsp3) is 0.188. The summed E-state index contributed by atoms with van der Waals surface area (Å²) in [5, 5.41) is 2.15. The number of benzene rings is 1. The van der Waals surface area contributed by atoms with Crippen LogP contribution in [0.3, 0.4) is 0 Å². The highest BCUT2D eigenvalue weighted by molar-refractivity contribution is 5.94. The van der Waals surface area contributed by atoms with Crippen molar-refractivity contribution in [3.05, 3.63) is 59.9 Å². The van der Waals surface area contributed by atoms with E-state index in [4.69, 9.17) is 0 Å². The lowest BCUT2D eigenvalue weighted by Gasteiger charge is -2.20. The number of nitrogens with zero attached hydrogens (tertiary/aromatic N) is 2. The summed E-state index contributed by atoms with van der Waals surface area (Å²) < 4.78 is 27.0. The minimum Gasteiger partial charge on any atom is -0.328 e. The van der Waals surface area contributed by atoms with Gasteiger partial charge >= 0.3 is 0 Å². The van der Waals surface area contributed by atoms with Crippen molar-refractivity contribution in [1.29, 1.82) is 0 Å². The van der Waals surface area contributed by atoms with E-state index in [-0.39, 0.29) is 19.0 Å². The summed E-state index contributed by atoms with van der Waals surface area (Å²) >= 11 is 0. The highest BCUT2D eigenvalue weighted by Gasteiger charge is 2.17. The molecule has 2 amide bonds. The van der Waals surface area contributed by atoms with Crippen LogP contribution in [-0.2, 0) is 16.1 Å². The molecule has 1 N–H and O–H groups in total. The summed E-state index contributed by atoms with van der Waals surface area (Å²) in [4.78, 5) is 28.9. The van der Waals surface area contributed by atoms with Gasteiger partial charge in [0, 0.05) is 13.1 Å². The largest absolute Gasteiger partial charge is 0.328 e. The quantitative estimate of drug-likeness (QED) is 0.920. The first-order valence-electron chi connectivity index (χ1n) is 6.86. The average Bonchev–Trinajstić information content (AvgIpc) is 2.51. The normalized spacial score (nSPS) is 10.2. The first kappa shape index (κ1) is 16.5. The second-order valence-corrected chi connectivity index (χ2v) is 4.84. The third-order valence-corrected chi connectivity index (χ3v) is 3.09. The number of carbonyl (C=O) groups is 2. The van der Waals surface area contributed by atoms with E-state index in [9.17, 15) is 18.4 Å². The van der Waals surface area contributed by atoms with Gasteiger partial charge < -0.3 is 10.2 Å². The second-order valence-electron chi connectivity index (χ2n) is 4.84. The molecule has 7 heteroatoms. The molecule has 0 aliphatic rings. The fourth-order valence-corrected chi connectivity index (χ4v) is 1.94. The lowest BCUT2D eigenvalue weighted by atomic mass is 10.2. The molecule has 0 aliphatic heterocycles. The Hall–Kier alpha value is -2.83. The van der Waals surface area contributed by atoms with E-state index in [0.717, 1.165) is 12.1 Å². The lowest BCUT2D eigenvalue weighted by Crippen LogP contribution is -2.36. The van der Waals surface area contributed by atoms with Crippen LogP contribution >= 0.6 is 0 Å². The number of halogens is 2. The molecule has 1 heterocycles. The van der Waals surface area contributed by atoms with Gasteiger partial charge in [-0.3, -0.25) is 14.6 Å². The minimum atomic E-state index is -0.877. The monoisotopic (exact) mass is 319 g/mol. The van der Waals surface area contributed by atoms with Crippen molar-refractivity contribution in [2.45, 2.75) is 13.5 Å². The van der Waals surface area contributed by atoms with E-state index in [2.05, 4.69) is 10.3 Å². The molecule has 0 atom stereocenters. The number of amides is 2. The third kappa shape index (κ3) is 4.57. The highest BCUT2D eigenvalue weighted by atomic mass is 19.1. The molecule has 1 aromatic heterocycles. The first-order valence-corrected chi connectivity index (χ1v) is 6.86. The Labute approximate surface area is 131 Å². The average molecular weight is 319 g/mol. The van der Waals surface area contributed by atoms with Gasteiger partial charge in [-0.2, -0.15) is 0 Å². The van der Waals surface area contributed by atoms with Crippen molar-refractivity contribution in [2.24, 2.45) is 0 Å². The van der Waals surface area contributed by atoms with Crippen LogP contribution in [0.15, 0.2) is 42.6 Å². The number of aromatic nitrogens is 1. The predicted molar refractivity (Wildman–Crippen MR) is 80.3 cm³/mol. The molecule has 0 bridgehead atoms. The molecule has 2 rings (SSSR count). The number of hydrogen-bond acceptors (Lipinski definition) is 3. The summed E-state index contributed by atoms with van der Waals surface area (Å²) in [6, 6.07) is 8.48. The number of carbonyl (C=O) groups excluding carboxylic acids is 2. The van der Waals surface area contributed by atoms with Gasteiger partial charge in [-0.1, -0.05) is 12.1 Å². The number of para-hydroxylation sites is 1. The second kappa shape index (κ2) is 7.44. The minimum absolute atomic E-state index is 0.128. The summed E-state index contributed by atoms with van der Waals surface area (Å²) in [7, 11) is 0. The van der Waals surface area contributed by atoms with Crippen LogP contribution in [-0.4, -0.2) is 28.2 Å². The van der Waals surface area contributed by atoms with Gasteiger partial charge in [-0.05, 0) is 24.3 Å². The molecular formula is C16H15F2N3O2. The summed E-state index contributed by atoms with van der Waals surface area (Å²) in [6.07, 6.45) is 1.57. The van der Waals surface area contributed by atoms with Crippen LogP contribution in [0.1, 0.15) is 12.6 Å². The van der Waals surface area contributed by atoms with Crippen LogP contribution in [0.2, 0.25) is 0 Å². The zero-order valence-corrected chi connectivity index (χ0v) is 12.4. The van der Waals surface area contributed by atoms with Gasteiger partial charge in [0.1, 0.15) is 23.9 Å². The van der Waals surface area contributed by atoms with Crippen molar-refractivity contribution < 1.29 is 18.4 Å². The van der Waals surface area contributed by atoms with Crippen molar-refractivity contribution in [3.8, 4) is 0 Å². The van der Waals surface area contributed by atoms with E-state index < -0.39 is 23.2 Å². The van der Waals surface area contributed by atoms with Crippen LogP contribution in [0, 0.1) is 11.6 Å². The Balaban J connectivity index is 2.05. The zero-order valence-electron chi connectivity index (χ0n) is 12.4. The highest BCUT2D eigenvalue weighted by Crippen LogP contribution is 2.17. The molecule has 5 nitrogen and oxygen atoms in total. The topological polar surface area (TPSA) is 62.3 Å². The summed E-state index contributed by atoms with van der Waals surface area (Å²) in [6.45, 7) is 1.10. The van der Waals surface area contributed by atoms with E-state index in [1.54, 1.807) is 24.4 Å². The summed E-state index contributed by atoms with van der Waals surface area (Å²) in [5.41, 5.74) is 0.0754. The van der Waals surface area contributed by atoms with Crippen LogP contribution < -0.4 is 5.32 Å². The molecule has 0 fully saturated rings. The Morgan fingerprint density at radius 3 is 2.39 bits per heavy atom. The van der Waals surface area contributed by atoms with E-state index in [0.29, 0.717) is 5.69 Å².